The smallest absolute Gasteiger partial charge is 0.328 e. The van der Waals surface area contributed by atoms with E-state index < -0.39 is 0 Å². The van der Waals surface area contributed by atoms with Crippen LogP contribution in [0.5, 0.6) is 0 Å². The molecule has 0 saturated carbocycles. The van der Waals surface area contributed by atoms with Crippen molar-refractivity contribution < 1.29 is 9.53 Å². The van der Waals surface area contributed by atoms with E-state index in [4.69, 9.17) is 4.74 Å². The van der Waals surface area contributed by atoms with E-state index in [1.807, 2.05) is 11.0 Å². The van der Waals surface area contributed by atoms with Crippen LogP contribution in [0.4, 0.5) is 5.82 Å². The lowest BCUT2D eigenvalue weighted by Crippen LogP contribution is -2.37. The molecule has 0 bridgehead atoms. The zero-order valence-electron chi connectivity index (χ0n) is 10.9. The Morgan fingerprint density at radius 3 is 3.11 bits per heavy atom. The van der Waals surface area contributed by atoms with E-state index in [1.54, 1.807) is 6.33 Å². The van der Waals surface area contributed by atoms with E-state index in [-0.39, 0.29) is 12.0 Å². The molecule has 1 aliphatic rings. The second-order valence-corrected chi connectivity index (χ2v) is 4.49. The Morgan fingerprint density at radius 2 is 2.39 bits per heavy atom. The van der Waals surface area contributed by atoms with Crippen molar-refractivity contribution in [1.82, 2.24) is 9.97 Å². The molecular formula is C13H19N3O2. The lowest BCUT2D eigenvalue weighted by Gasteiger charge is -2.23. The molecule has 98 valence electrons. The molecule has 1 aromatic rings. The minimum Gasteiger partial charge on any atom is -0.467 e. The Labute approximate surface area is 107 Å². The molecule has 18 heavy (non-hydrogen) atoms. The molecule has 0 spiro atoms. The first-order valence-corrected chi connectivity index (χ1v) is 6.41. The first-order chi connectivity index (χ1) is 8.76. The summed E-state index contributed by atoms with van der Waals surface area (Å²) in [5.41, 5.74) is 1.03. The molecule has 1 unspecified atom stereocenters. The largest absolute Gasteiger partial charge is 0.467 e. The Kier molecular flexibility index (Phi) is 4.12. The number of methoxy groups -OCH3 is 1. The van der Waals surface area contributed by atoms with E-state index in [9.17, 15) is 4.79 Å². The average molecular weight is 249 g/mol. The van der Waals surface area contributed by atoms with E-state index in [2.05, 4.69) is 16.9 Å². The van der Waals surface area contributed by atoms with Crippen LogP contribution in [0.1, 0.15) is 31.9 Å². The summed E-state index contributed by atoms with van der Waals surface area (Å²) in [7, 11) is 1.43. The highest BCUT2D eigenvalue weighted by atomic mass is 16.5. The molecule has 1 aromatic heterocycles. The molecule has 0 N–H and O–H groups in total. The summed E-state index contributed by atoms with van der Waals surface area (Å²) >= 11 is 0. The lowest BCUT2D eigenvalue weighted by molar-refractivity contribution is -0.141. The quantitative estimate of drug-likeness (QED) is 0.758. The number of ether oxygens (including phenoxy) is 1. The van der Waals surface area contributed by atoms with Gasteiger partial charge in [0.2, 0.25) is 0 Å². The van der Waals surface area contributed by atoms with Gasteiger partial charge in [0.25, 0.3) is 0 Å². The number of anilines is 1. The van der Waals surface area contributed by atoms with E-state index >= 15 is 0 Å². The Balaban J connectivity index is 2.19. The van der Waals surface area contributed by atoms with Gasteiger partial charge >= 0.3 is 5.97 Å². The fraction of sp³-hybridized carbons (Fsp3) is 0.615. The van der Waals surface area contributed by atoms with Crippen molar-refractivity contribution in [3.63, 3.8) is 0 Å². The third-order valence-electron chi connectivity index (χ3n) is 3.24. The lowest BCUT2D eigenvalue weighted by atomic mass is 10.2. The predicted octanol–water partition coefficient (Wildman–Crippen LogP) is 1.57. The molecule has 2 rings (SSSR count). The fourth-order valence-corrected chi connectivity index (χ4v) is 2.36. The molecule has 5 nitrogen and oxygen atoms in total. The summed E-state index contributed by atoms with van der Waals surface area (Å²) in [5.74, 6) is 0.657. The monoisotopic (exact) mass is 249 g/mol. The summed E-state index contributed by atoms with van der Waals surface area (Å²) in [6, 6.07) is 1.78. The van der Waals surface area contributed by atoms with Crippen LogP contribution in [0.15, 0.2) is 12.4 Å². The van der Waals surface area contributed by atoms with Gasteiger partial charge in [-0.25, -0.2) is 14.8 Å². The maximum atomic E-state index is 11.7. The van der Waals surface area contributed by atoms with E-state index in [0.717, 1.165) is 43.7 Å². The average Bonchev–Trinajstić information content (AvgIpc) is 2.88. The maximum Gasteiger partial charge on any atom is 0.328 e. The number of aromatic nitrogens is 2. The van der Waals surface area contributed by atoms with Gasteiger partial charge in [0, 0.05) is 18.3 Å². The van der Waals surface area contributed by atoms with Crippen molar-refractivity contribution in [3.05, 3.63) is 18.1 Å². The Hall–Kier alpha value is -1.65. The van der Waals surface area contributed by atoms with Gasteiger partial charge in [-0.15, -0.1) is 0 Å². The number of nitrogens with zero attached hydrogens (tertiary/aromatic N) is 3. The number of rotatable bonds is 4. The summed E-state index contributed by atoms with van der Waals surface area (Å²) in [6.45, 7) is 2.97. The Bertz CT molecular complexity index is 422. The summed E-state index contributed by atoms with van der Waals surface area (Å²) in [4.78, 5) is 22.2. The van der Waals surface area contributed by atoms with Crippen molar-refractivity contribution >= 4 is 11.8 Å². The molecule has 5 heteroatoms. The van der Waals surface area contributed by atoms with Crippen LogP contribution < -0.4 is 4.90 Å². The highest BCUT2D eigenvalue weighted by molar-refractivity contribution is 5.80. The van der Waals surface area contributed by atoms with Gasteiger partial charge in [-0.2, -0.15) is 0 Å². The van der Waals surface area contributed by atoms with Gasteiger partial charge in [-0.3, -0.25) is 0 Å². The third-order valence-corrected chi connectivity index (χ3v) is 3.24. The molecule has 1 atom stereocenters. The molecule has 2 heterocycles. The molecule has 0 aliphatic carbocycles. The van der Waals surface area contributed by atoms with Crippen molar-refractivity contribution in [1.29, 1.82) is 0 Å². The molecule has 0 radical (unpaired) electrons. The highest BCUT2D eigenvalue weighted by Gasteiger charge is 2.32. The van der Waals surface area contributed by atoms with Crippen molar-refractivity contribution in [2.24, 2.45) is 0 Å². The van der Waals surface area contributed by atoms with Gasteiger partial charge in [-0.1, -0.05) is 13.3 Å². The number of esters is 1. The first-order valence-electron chi connectivity index (χ1n) is 6.41. The molecule has 0 amide bonds. The van der Waals surface area contributed by atoms with Crippen LogP contribution in [0.3, 0.4) is 0 Å². The van der Waals surface area contributed by atoms with E-state index in [1.165, 1.54) is 7.11 Å². The van der Waals surface area contributed by atoms with Crippen LogP contribution in [-0.2, 0) is 16.0 Å². The second-order valence-electron chi connectivity index (χ2n) is 4.49. The van der Waals surface area contributed by atoms with Gasteiger partial charge in [0.05, 0.1) is 7.11 Å². The van der Waals surface area contributed by atoms with E-state index in [0.29, 0.717) is 0 Å². The van der Waals surface area contributed by atoms with Crippen LogP contribution >= 0.6 is 0 Å². The van der Waals surface area contributed by atoms with Gasteiger partial charge in [-0.05, 0) is 19.3 Å². The predicted molar refractivity (Wildman–Crippen MR) is 68.4 cm³/mol. The fourth-order valence-electron chi connectivity index (χ4n) is 2.36. The van der Waals surface area contributed by atoms with Crippen LogP contribution in [0, 0.1) is 0 Å². The third kappa shape index (κ3) is 2.60. The SMILES string of the molecule is CCCc1cc(N2CCCC2C(=O)OC)ncn1. The minimum absolute atomic E-state index is 0.178. The molecule has 1 fully saturated rings. The second kappa shape index (κ2) is 5.80. The minimum atomic E-state index is -0.195. The van der Waals surface area contributed by atoms with Crippen molar-refractivity contribution in [3.8, 4) is 0 Å². The number of carbonyl (C=O) groups is 1. The maximum absolute atomic E-state index is 11.7. The molecule has 1 saturated heterocycles. The summed E-state index contributed by atoms with van der Waals surface area (Å²) in [6.07, 6.45) is 5.39. The molecule has 1 aliphatic heterocycles. The van der Waals surface area contributed by atoms with Gasteiger partial charge in [0.15, 0.2) is 0 Å². The number of aryl methyl sites for hydroxylation is 1. The van der Waals surface area contributed by atoms with Crippen molar-refractivity contribution in [2.45, 2.75) is 38.6 Å². The standard InChI is InChI=1S/C13H19N3O2/c1-3-5-10-8-12(15-9-14-10)16-7-4-6-11(16)13(17)18-2/h8-9,11H,3-7H2,1-2H3. The first kappa shape index (κ1) is 12.8. The summed E-state index contributed by atoms with van der Waals surface area (Å²) < 4.78 is 4.84. The highest BCUT2D eigenvalue weighted by Crippen LogP contribution is 2.24. The normalized spacial score (nSPS) is 19.0. The number of carbonyl (C=O) groups excluding carboxylic acids is 1. The number of hydrogen-bond donors (Lipinski definition) is 0. The van der Waals surface area contributed by atoms with Crippen LogP contribution in [0.25, 0.3) is 0 Å². The Morgan fingerprint density at radius 1 is 1.56 bits per heavy atom. The topological polar surface area (TPSA) is 55.3 Å². The summed E-state index contributed by atoms with van der Waals surface area (Å²) in [5, 5.41) is 0. The van der Waals surface area contributed by atoms with Gasteiger partial charge in [0.1, 0.15) is 18.2 Å². The molecular weight excluding hydrogens is 230 g/mol. The van der Waals surface area contributed by atoms with Gasteiger partial charge < -0.3 is 9.64 Å². The zero-order valence-corrected chi connectivity index (χ0v) is 10.9. The van der Waals surface area contributed by atoms with Crippen LogP contribution in [-0.4, -0.2) is 35.6 Å². The van der Waals surface area contributed by atoms with Crippen LogP contribution in [0.2, 0.25) is 0 Å². The molecule has 0 aromatic carbocycles. The van der Waals surface area contributed by atoms with Crippen molar-refractivity contribution in [2.75, 3.05) is 18.6 Å². The zero-order chi connectivity index (χ0) is 13.0. The number of hydrogen-bond acceptors (Lipinski definition) is 5.